The Morgan fingerprint density at radius 2 is 2.06 bits per heavy atom. The van der Waals surface area contributed by atoms with Gasteiger partial charge in [-0.05, 0) is 33.1 Å². The topological polar surface area (TPSA) is 46.6 Å². The Bertz CT molecular complexity index is 445. The van der Waals surface area contributed by atoms with Crippen LogP contribution >= 0.6 is 0 Å². The quantitative estimate of drug-likeness (QED) is 0.719. The second-order valence-electron chi connectivity index (χ2n) is 4.31. The summed E-state index contributed by atoms with van der Waals surface area (Å²) in [6.45, 7) is 5.19. The van der Waals surface area contributed by atoms with Gasteiger partial charge in [0.05, 0.1) is 6.61 Å². The van der Waals surface area contributed by atoms with Crippen molar-refractivity contribution in [3.8, 4) is 5.75 Å². The van der Waals surface area contributed by atoms with Gasteiger partial charge in [0.1, 0.15) is 5.69 Å². The molecule has 1 heterocycles. The van der Waals surface area contributed by atoms with Crippen LogP contribution in [0.4, 0.5) is 5.69 Å². The predicted molar refractivity (Wildman–Crippen MR) is 63.2 cm³/mol. The molecule has 1 atom stereocenters. The SMILES string of the molecule is CCOc1c(N2CCCCC2C)c(=O)c1=O. The normalized spacial score (nSPS) is 21.4. The van der Waals surface area contributed by atoms with E-state index in [-0.39, 0.29) is 11.2 Å². The number of hydrogen-bond acceptors (Lipinski definition) is 4. The van der Waals surface area contributed by atoms with E-state index < -0.39 is 5.43 Å². The molecule has 0 bridgehead atoms. The van der Waals surface area contributed by atoms with Crippen LogP contribution < -0.4 is 20.5 Å². The summed E-state index contributed by atoms with van der Waals surface area (Å²) in [4.78, 5) is 24.9. The fraction of sp³-hybridized carbons (Fsp3) is 0.667. The lowest BCUT2D eigenvalue weighted by molar-refractivity contribution is 0.330. The molecule has 1 aliphatic rings. The highest BCUT2D eigenvalue weighted by atomic mass is 16.5. The summed E-state index contributed by atoms with van der Waals surface area (Å²) in [5.41, 5.74) is -0.328. The number of hydrogen-bond donors (Lipinski definition) is 0. The second kappa shape index (κ2) is 4.28. The first kappa shape index (κ1) is 11.2. The van der Waals surface area contributed by atoms with Crippen molar-refractivity contribution in [2.24, 2.45) is 0 Å². The third kappa shape index (κ3) is 1.62. The maximum Gasteiger partial charge on any atom is 0.272 e. The minimum Gasteiger partial charge on any atom is -0.488 e. The summed E-state index contributed by atoms with van der Waals surface area (Å²) >= 11 is 0. The fourth-order valence-electron chi connectivity index (χ4n) is 2.33. The minimum atomic E-state index is -0.463. The van der Waals surface area contributed by atoms with Crippen molar-refractivity contribution in [2.45, 2.75) is 39.2 Å². The van der Waals surface area contributed by atoms with E-state index in [9.17, 15) is 9.59 Å². The Kier molecular flexibility index (Phi) is 2.99. The van der Waals surface area contributed by atoms with Crippen molar-refractivity contribution >= 4 is 5.69 Å². The van der Waals surface area contributed by atoms with E-state index in [0.29, 0.717) is 18.3 Å². The Morgan fingerprint density at radius 3 is 2.69 bits per heavy atom. The Labute approximate surface area is 94.5 Å². The molecule has 16 heavy (non-hydrogen) atoms. The number of ether oxygens (including phenoxy) is 1. The highest BCUT2D eigenvalue weighted by molar-refractivity contribution is 5.64. The first-order chi connectivity index (χ1) is 7.66. The summed E-state index contributed by atoms with van der Waals surface area (Å²) in [6, 6.07) is 0.330. The summed E-state index contributed by atoms with van der Waals surface area (Å²) in [6.07, 6.45) is 3.34. The van der Waals surface area contributed by atoms with Crippen molar-refractivity contribution in [3.05, 3.63) is 20.4 Å². The summed E-state index contributed by atoms with van der Waals surface area (Å²) < 4.78 is 5.24. The van der Waals surface area contributed by atoms with E-state index in [1.807, 2.05) is 11.8 Å². The summed E-state index contributed by atoms with van der Waals surface area (Å²) in [7, 11) is 0. The third-order valence-electron chi connectivity index (χ3n) is 3.22. The molecule has 1 aliphatic heterocycles. The molecule has 0 aliphatic carbocycles. The van der Waals surface area contributed by atoms with E-state index >= 15 is 0 Å². The van der Waals surface area contributed by atoms with E-state index in [1.165, 1.54) is 6.42 Å². The molecule has 1 unspecified atom stereocenters. The average Bonchev–Trinajstić information content (AvgIpc) is 2.30. The molecule has 0 saturated carbocycles. The summed E-state index contributed by atoms with van der Waals surface area (Å²) in [5.74, 6) is 0.279. The molecule has 0 N–H and O–H groups in total. The van der Waals surface area contributed by atoms with Crippen LogP contribution in [0.5, 0.6) is 5.75 Å². The molecule has 0 radical (unpaired) electrons. The van der Waals surface area contributed by atoms with Gasteiger partial charge in [0.15, 0.2) is 5.75 Å². The van der Waals surface area contributed by atoms with Crippen LogP contribution in [-0.2, 0) is 0 Å². The van der Waals surface area contributed by atoms with Crippen LogP contribution in [0.1, 0.15) is 33.1 Å². The van der Waals surface area contributed by atoms with Crippen LogP contribution in [0.15, 0.2) is 9.59 Å². The smallest absolute Gasteiger partial charge is 0.272 e. The monoisotopic (exact) mass is 223 g/mol. The largest absolute Gasteiger partial charge is 0.488 e. The maximum atomic E-state index is 11.6. The Morgan fingerprint density at radius 1 is 1.31 bits per heavy atom. The van der Waals surface area contributed by atoms with Crippen LogP contribution in [0.3, 0.4) is 0 Å². The lowest BCUT2D eigenvalue weighted by Gasteiger charge is -2.36. The molecule has 1 fully saturated rings. The van der Waals surface area contributed by atoms with E-state index in [4.69, 9.17) is 4.74 Å². The fourth-order valence-corrected chi connectivity index (χ4v) is 2.33. The molecule has 0 aromatic heterocycles. The highest BCUT2D eigenvalue weighted by Gasteiger charge is 2.31. The standard InChI is InChI=1S/C12H17NO3/c1-3-16-12-9(10(14)11(12)15)13-7-5-4-6-8(13)2/h8H,3-7H2,1-2H3. The van der Waals surface area contributed by atoms with Crippen molar-refractivity contribution in [2.75, 3.05) is 18.1 Å². The van der Waals surface area contributed by atoms with Crippen molar-refractivity contribution in [1.29, 1.82) is 0 Å². The zero-order valence-corrected chi connectivity index (χ0v) is 9.78. The number of rotatable bonds is 3. The van der Waals surface area contributed by atoms with Crippen LogP contribution in [0.2, 0.25) is 0 Å². The second-order valence-corrected chi connectivity index (χ2v) is 4.31. The first-order valence-electron chi connectivity index (χ1n) is 5.89. The van der Waals surface area contributed by atoms with Gasteiger partial charge in [-0.25, -0.2) is 0 Å². The maximum absolute atomic E-state index is 11.6. The van der Waals surface area contributed by atoms with Crippen molar-refractivity contribution in [3.63, 3.8) is 0 Å². The van der Waals surface area contributed by atoms with Gasteiger partial charge < -0.3 is 9.64 Å². The van der Waals surface area contributed by atoms with Gasteiger partial charge in [0.25, 0.3) is 10.9 Å². The molecule has 1 saturated heterocycles. The van der Waals surface area contributed by atoms with Gasteiger partial charge in [-0.1, -0.05) is 0 Å². The molecule has 1 aromatic carbocycles. The molecule has 1 aromatic rings. The highest BCUT2D eigenvalue weighted by Crippen LogP contribution is 2.28. The number of anilines is 1. The summed E-state index contributed by atoms with van der Waals surface area (Å²) in [5, 5.41) is 0. The molecule has 4 heteroatoms. The van der Waals surface area contributed by atoms with Gasteiger partial charge in [-0.2, -0.15) is 0 Å². The third-order valence-corrected chi connectivity index (χ3v) is 3.22. The van der Waals surface area contributed by atoms with E-state index in [2.05, 4.69) is 6.92 Å². The molecule has 0 spiro atoms. The lowest BCUT2D eigenvalue weighted by atomic mass is 10.0. The molecular weight excluding hydrogens is 206 g/mol. The van der Waals surface area contributed by atoms with Crippen LogP contribution in [-0.4, -0.2) is 19.2 Å². The zero-order valence-electron chi connectivity index (χ0n) is 9.78. The minimum absolute atomic E-state index is 0.279. The van der Waals surface area contributed by atoms with Gasteiger partial charge in [-0.3, -0.25) is 9.59 Å². The van der Waals surface area contributed by atoms with Gasteiger partial charge in [0.2, 0.25) is 0 Å². The Balaban J connectivity index is 2.29. The Hall–Kier alpha value is -1.32. The lowest BCUT2D eigenvalue weighted by Crippen LogP contribution is -2.47. The van der Waals surface area contributed by atoms with Gasteiger partial charge in [0, 0.05) is 12.6 Å². The van der Waals surface area contributed by atoms with Crippen LogP contribution in [0, 0.1) is 0 Å². The van der Waals surface area contributed by atoms with Crippen molar-refractivity contribution < 1.29 is 4.74 Å². The number of nitrogens with zero attached hydrogens (tertiary/aromatic N) is 1. The molecular formula is C12H17NO3. The van der Waals surface area contributed by atoms with Crippen LogP contribution in [0.25, 0.3) is 0 Å². The first-order valence-corrected chi connectivity index (χ1v) is 5.89. The van der Waals surface area contributed by atoms with Crippen molar-refractivity contribution in [1.82, 2.24) is 0 Å². The van der Waals surface area contributed by atoms with Gasteiger partial charge in [-0.15, -0.1) is 0 Å². The molecule has 0 amide bonds. The zero-order chi connectivity index (χ0) is 11.7. The molecule has 2 rings (SSSR count). The van der Waals surface area contributed by atoms with E-state index in [1.54, 1.807) is 0 Å². The van der Waals surface area contributed by atoms with Gasteiger partial charge >= 0.3 is 0 Å². The average molecular weight is 223 g/mol. The molecule has 88 valence electrons. The van der Waals surface area contributed by atoms with E-state index in [0.717, 1.165) is 19.4 Å². The molecule has 4 nitrogen and oxygen atoms in total. The number of piperidine rings is 1. The predicted octanol–water partition coefficient (Wildman–Crippen LogP) is 1.06.